The lowest BCUT2D eigenvalue weighted by atomic mass is 10.1. The maximum absolute atomic E-state index is 12.1. The van der Waals surface area contributed by atoms with Crippen molar-refractivity contribution in [2.24, 2.45) is 5.73 Å². The van der Waals surface area contributed by atoms with Crippen LogP contribution in [0.15, 0.2) is 65.1 Å². The van der Waals surface area contributed by atoms with Crippen LogP contribution in [0.2, 0.25) is 0 Å². The van der Waals surface area contributed by atoms with Gasteiger partial charge in [0.05, 0.1) is 5.56 Å². The van der Waals surface area contributed by atoms with Crippen LogP contribution in [0.25, 0.3) is 10.8 Å². The Morgan fingerprint density at radius 1 is 0.955 bits per heavy atom. The molecule has 0 spiro atoms. The fraction of sp³-hybridized carbons (Fsp3) is 0.0556. The van der Waals surface area contributed by atoms with E-state index in [1.165, 1.54) is 0 Å². The molecule has 22 heavy (non-hydrogen) atoms. The van der Waals surface area contributed by atoms with Crippen molar-refractivity contribution in [2.75, 3.05) is 0 Å². The summed E-state index contributed by atoms with van der Waals surface area (Å²) in [6.07, 6.45) is 0. The molecule has 0 unspecified atom stereocenters. The molecule has 2 N–H and O–H groups in total. The number of hydrogen-bond donors (Lipinski definition) is 1. The molecule has 0 aromatic heterocycles. The standard InChI is InChI=1S/C18H14BrNO2/c19-16-7-5-15-10-17(8-6-14(15)9-16)22-18(21)13-3-1-12(11-20)2-4-13/h1-10H,11,20H2. The number of hydrogen-bond acceptors (Lipinski definition) is 3. The Morgan fingerprint density at radius 3 is 2.36 bits per heavy atom. The number of ether oxygens (including phenoxy) is 1. The van der Waals surface area contributed by atoms with Crippen molar-refractivity contribution in [2.45, 2.75) is 6.54 Å². The van der Waals surface area contributed by atoms with E-state index in [1.807, 2.05) is 42.5 Å². The van der Waals surface area contributed by atoms with E-state index in [9.17, 15) is 4.79 Å². The zero-order valence-corrected chi connectivity index (χ0v) is 13.3. The summed E-state index contributed by atoms with van der Waals surface area (Å²) in [5, 5.41) is 2.11. The molecule has 0 saturated heterocycles. The first kappa shape index (κ1) is 14.8. The van der Waals surface area contributed by atoms with E-state index >= 15 is 0 Å². The van der Waals surface area contributed by atoms with Crippen LogP contribution in [0.1, 0.15) is 15.9 Å². The molecule has 3 aromatic carbocycles. The zero-order chi connectivity index (χ0) is 15.5. The summed E-state index contributed by atoms with van der Waals surface area (Å²) < 4.78 is 6.45. The van der Waals surface area contributed by atoms with Crippen molar-refractivity contribution in [1.29, 1.82) is 0 Å². The van der Waals surface area contributed by atoms with Gasteiger partial charge in [-0.15, -0.1) is 0 Å². The molecule has 3 aromatic rings. The van der Waals surface area contributed by atoms with Gasteiger partial charge in [-0.25, -0.2) is 4.79 Å². The number of nitrogens with two attached hydrogens (primary N) is 1. The lowest BCUT2D eigenvalue weighted by molar-refractivity contribution is 0.0735. The minimum Gasteiger partial charge on any atom is -0.423 e. The van der Waals surface area contributed by atoms with E-state index in [4.69, 9.17) is 10.5 Å². The molecule has 0 amide bonds. The van der Waals surface area contributed by atoms with Crippen LogP contribution < -0.4 is 10.5 Å². The number of carbonyl (C=O) groups is 1. The van der Waals surface area contributed by atoms with Gasteiger partial charge >= 0.3 is 5.97 Å². The molecule has 0 fully saturated rings. The average molecular weight is 356 g/mol. The molecule has 4 heteroatoms. The van der Waals surface area contributed by atoms with Gasteiger partial charge in [0.2, 0.25) is 0 Å². The molecule has 0 aliphatic rings. The molecular weight excluding hydrogens is 342 g/mol. The maximum atomic E-state index is 12.1. The number of halogens is 1. The lowest BCUT2D eigenvalue weighted by Crippen LogP contribution is -2.08. The van der Waals surface area contributed by atoms with Crippen LogP contribution in [-0.4, -0.2) is 5.97 Å². The SMILES string of the molecule is NCc1ccc(C(=O)Oc2ccc3cc(Br)ccc3c2)cc1. The predicted molar refractivity (Wildman–Crippen MR) is 90.9 cm³/mol. The molecule has 0 atom stereocenters. The molecule has 0 aliphatic heterocycles. The Hall–Kier alpha value is -2.17. The van der Waals surface area contributed by atoms with Crippen molar-refractivity contribution in [1.82, 2.24) is 0 Å². The number of carbonyl (C=O) groups excluding carboxylic acids is 1. The van der Waals surface area contributed by atoms with E-state index in [2.05, 4.69) is 15.9 Å². The van der Waals surface area contributed by atoms with Gasteiger partial charge in [-0.1, -0.05) is 40.2 Å². The third kappa shape index (κ3) is 3.18. The van der Waals surface area contributed by atoms with Gasteiger partial charge in [0.25, 0.3) is 0 Å². The second-order valence-corrected chi connectivity index (χ2v) is 5.86. The quantitative estimate of drug-likeness (QED) is 0.563. The molecule has 0 aliphatic carbocycles. The topological polar surface area (TPSA) is 52.3 Å². The highest BCUT2D eigenvalue weighted by atomic mass is 79.9. The highest BCUT2D eigenvalue weighted by Gasteiger charge is 2.09. The van der Waals surface area contributed by atoms with E-state index in [-0.39, 0.29) is 5.97 Å². The van der Waals surface area contributed by atoms with Gasteiger partial charge in [-0.3, -0.25) is 0 Å². The second kappa shape index (κ2) is 6.30. The fourth-order valence-electron chi connectivity index (χ4n) is 2.20. The minimum atomic E-state index is -0.375. The number of fused-ring (bicyclic) bond motifs is 1. The van der Waals surface area contributed by atoms with Crippen LogP contribution >= 0.6 is 15.9 Å². The highest BCUT2D eigenvalue weighted by Crippen LogP contribution is 2.24. The summed E-state index contributed by atoms with van der Waals surface area (Å²) in [5.74, 6) is 0.155. The number of rotatable bonds is 3. The normalized spacial score (nSPS) is 10.6. The van der Waals surface area contributed by atoms with Crippen molar-refractivity contribution in [3.05, 3.63) is 76.3 Å². The van der Waals surface area contributed by atoms with Crippen LogP contribution in [-0.2, 0) is 6.54 Å². The Bertz CT molecular complexity index is 828. The third-order valence-electron chi connectivity index (χ3n) is 3.41. The number of esters is 1. The Balaban J connectivity index is 1.82. The van der Waals surface area contributed by atoms with Crippen LogP contribution in [0.5, 0.6) is 5.75 Å². The van der Waals surface area contributed by atoms with Gasteiger partial charge in [0.1, 0.15) is 5.75 Å². The molecule has 0 saturated carbocycles. The van der Waals surface area contributed by atoms with Gasteiger partial charge in [-0.05, 0) is 52.7 Å². The molecule has 3 nitrogen and oxygen atoms in total. The largest absolute Gasteiger partial charge is 0.423 e. The molecule has 110 valence electrons. The lowest BCUT2D eigenvalue weighted by Gasteiger charge is -2.06. The summed E-state index contributed by atoms with van der Waals surface area (Å²) in [7, 11) is 0. The summed E-state index contributed by atoms with van der Waals surface area (Å²) in [6.45, 7) is 0.454. The highest BCUT2D eigenvalue weighted by molar-refractivity contribution is 9.10. The summed E-state index contributed by atoms with van der Waals surface area (Å²) in [6, 6.07) is 18.6. The minimum absolute atomic E-state index is 0.375. The van der Waals surface area contributed by atoms with Crippen molar-refractivity contribution in [3.63, 3.8) is 0 Å². The summed E-state index contributed by atoms with van der Waals surface area (Å²) in [5.41, 5.74) is 7.03. The van der Waals surface area contributed by atoms with Crippen LogP contribution in [0.4, 0.5) is 0 Å². The van der Waals surface area contributed by atoms with Gasteiger partial charge < -0.3 is 10.5 Å². The van der Waals surface area contributed by atoms with E-state index in [1.54, 1.807) is 18.2 Å². The Kier molecular flexibility index (Phi) is 4.22. The Morgan fingerprint density at radius 2 is 1.64 bits per heavy atom. The molecule has 0 heterocycles. The molecule has 0 bridgehead atoms. The van der Waals surface area contributed by atoms with Crippen molar-refractivity contribution in [3.8, 4) is 5.75 Å². The molecule has 3 rings (SSSR count). The van der Waals surface area contributed by atoms with Crippen molar-refractivity contribution < 1.29 is 9.53 Å². The van der Waals surface area contributed by atoms with Gasteiger partial charge in [0, 0.05) is 11.0 Å². The fourth-order valence-corrected chi connectivity index (χ4v) is 2.58. The molecular formula is C18H14BrNO2. The molecule has 0 radical (unpaired) electrons. The monoisotopic (exact) mass is 355 g/mol. The summed E-state index contributed by atoms with van der Waals surface area (Å²) >= 11 is 3.44. The number of benzene rings is 3. The average Bonchev–Trinajstić information content (AvgIpc) is 2.55. The zero-order valence-electron chi connectivity index (χ0n) is 11.8. The first-order valence-electron chi connectivity index (χ1n) is 6.86. The van der Waals surface area contributed by atoms with Crippen LogP contribution in [0.3, 0.4) is 0 Å². The van der Waals surface area contributed by atoms with Crippen LogP contribution in [0, 0.1) is 0 Å². The van der Waals surface area contributed by atoms with E-state index < -0.39 is 0 Å². The van der Waals surface area contributed by atoms with Gasteiger partial charge in [0.15, 0.2) is 0 Å². The third-order valence-corrected chi connectivity index (χ3v) is 3.90. The van der Waals surface area contributed by atoms with Crippen molar-refractivity contribution >= 4 is 32.7 Å². The maximum Gasteiger partial charge on any atom is 0.343 e. The Labute approximate surface area is 136 Å². The predicted octanol–water partition coefficient (Wildman–Crippen LogP) is 4.28. The second-order valence-electron chi connectivity index (χ2n) is 4.94. The van der Waals surface area contributed by atoms with Gasteiger partial charge in [-0.2, -0.15) is 0 Å². The first-order chi connectivity index (χ1) is 10.7. The summed E-state index contributed by atoms with van der Waals surface area (Å²) in [4.78, 5) is 12.1. The van der Waals surface area contributed by atoms with E-state index in [0.717, 1.165) is 20.8 Å². The smallest absolute Gasteiger partial charge is 0.343 e. The first-order valence-corrected chi connectivity index (χ1v) is 7.65. The van der Waals surface area contributed by atoms with E-state index in [0.29, 0.717) is 17.9 Å².